The molecule has 0 radical (unpaired) electrons. The van der Waals surface area contributed by atoms with Crippen LogP contribution in [-0.4, -0.2) is 48.4 Å². The SMILES string of the molecule is CC1CCCC(NC(=O)COC(=O)C2CCN(C(=O)c3ccc(F)cc3F)CC2)C1C. The van der Waals surface area contributed by atoms with Crippen LogP contribution in [0.2, 0.25) is 0 Å². The maximum atomic E-state index is 13.9. The smallest absolute Gasteiger partial charge is 0.309 e. The number of esters is 1. The normalized spacial score (nSPS) is 24.5. The molecule has 0 spiro atoms. The molecule has 0 aromatic heterocycles. The van der Waals surface area contributed by atoms with Gasteiger partial charge in [0.25, 0.3) is 11.8 Å². The first kappa shape index (κ1) is 23.2. The molecule has 1 saturated carbocycles. The Morgan fingerprint density at radius 3 is 2.48 bits per heavy atom. The monoisotopic (exact) mass is 436 g/mol. The van der Waals surface area contributed by atoms with E-state index in [0.717, 1.165) is 31.4 Å². The summed E-state index contributed by atoms with van der Waals surface area (Å²) in [6.45, 7) is 4.53. The van der Waals surface area contributed by atoms with E-state index in [2.05, 4.69) is 19.2 Å². The molecule has 8 heteroatoms. The van der Waals surface area contributed by atoms with Gasteiger partial charge in [-0.3, -0.25) is 14.4 Å². The zero-order chi connectivity index (χ0) is 22.5. The Morgan fingerprint density at radius 1 is 1.10 bits per heavy atom. The molecule has 3 rings (SSSR count). The molecule has 1 aromatic rings. The van der Waals surface area contributed by atoms with Gasteiger partial charge in [-0.05, 0) is 43.2 Å². The van der Waals surface area contributed by atoms with Crippen molar-refractivity contribution in [3.63, 3.8) is 0 Å². The molecule has 0 bridgehead atoms. The third-order valence-corrected chi connectivity index (χ3v) is 6.68. The molecule has 1 aliphatic heterocycles. The van der Waals surface area contributed by atoms with Crippen molar-refractivity contribution in [2.75, 3.05) is 19.7 Å². The summed E-state index contributed by atoms with van der Waals surface area (Å²) in [5.74, 6) is -2.40. The van der Waals surface area contributed by atoms with Crippen molar-refractivity contribution < 1.29 is 27.9 Å². The number of rotatable bonds is 5. The molecule has 170 valence electrons. The highest BCUT2D eigenvalue weighted by Gasteiger charge is 2.31. The number of hydrogen-bond acceptors (Lipinski definition) is 4. The highest BCUT2D eigenvalue weighted by atomic mass is 19.1. The highest BCUT2D eigenvalue weighted by Crippen LogP contribution is 2.29. The number of hydrogen-bond donors (Lipinski definition) is 1. The average molecular weight is 436 g/mol. The fourth-order valence-corrected chi connectivity index (χ4v) is 4.44. The molecule has 1 heterocycles. The predicted octanol–water partition coefficient (Wildman–Crippen LogP) is 3.30. The summed E-state index contributed by atoms with van der Waals surface area (Å²) in [6.07, 6.45) is 3.91. The molecular formula is C23H30F2N2O4. The molecule has 2 amide bonds. The molecule has 6 nitrogen and oxygen atoms in total. The quantitative estimate of drug-likeness (QED) is 0.719. The van der Waals surface area contributed by atoms with Crippen molar-refractivity contribution in [3.05, 3.63) is 35.4 Å². The Kier molecular flexibility index (Phi) is 7.62. The summed E-state index contributed by atoms with van der Waals surface area (Å²) in [4.78, 5) is 38.4. The van der Waals surface area contributed by atoms with Crippen molar-refractivity contribution in [1.29, 1.82) is 0 Å². The van der Waals surface area contributed by atoms with Crippen LogP contribution < -0.4 is 5.32 Å². The van der Waals surface area contributed by atoms with E-state index in [1.54, 1.807) is 0 Å². The largest absolute Gasteiger partial charge is 0.455 e. The molecular weight excluding hydrogens is 406 g/mol. The van der Waals surface area contributed by atoms with Gasteiger partial charge in [-0.15, -0.1) is 0 Å². The van der Waals surface area contributed by atoms with Gasteiger partial charge in [-0.1, -0.05) is 26.7 Å². The van der Waals surface area contributed by atoms with Crippen LogP contribution in [0.5, 0.6) is 0 Å². The molecule has 31 heavy (non-hydrogen) atoms. The first-order valence-corrected chi connectivity index (χ1v) is 11.0. The Balaban J connectivity index is 1.42. The van der Waals surface area contributed by atoms with Crippen molar-refractivity contribution in [1.82, 2.24) is 10.2 Å². The van der Waals surface area contributed by atoms with Crippen LogP contribution in [0.15, 0.2) is 18.2 Å². The summed E-state index contributed by atoms with van der Waals surface area (Å²) >= 11 is 0. The van der Waals surface area contributed by atoms with E-state index < -0.39 is 29.4 Å². The topological polar surface area (TPSA) is 75.7 Å². The number of likely N-dealkylation sites (tertiary alicyclic amines) is 1. The van der Waals surface area contributed by atoms with Gasteiger partial charge in [0.2, 0.25) is 0 Å². The number of piperidine rings is 1. The molecule has 3 atom stereocenters. The lowest BCUT2D eigenvalue weighted by molar-refractivity contribution is -0.154. The predicted molar refractivity (Wildman–Crippen MR) is 110 cm³/mol. The lowest BCUT2D eigenvalue weighted by Gasteiger charge is -2.34. The summed E-state index contributed by atoms with van der Waals surface area (Å²) in [7, 11) is 0. The Hall–Kier alpha value is -2.51. The summed E-state index contributed by atoms with van der Waals surface area (Å²) in [6, 6.07) is 2.95. The van der Waals surface area contributed by atoms with Crippen LogP contribution in [-0.2, 0) is 14.3 Å². The lowest BCUT2D eigenvalue weighted by atomic mass is 9.78. The Bertz CT molecular complexity index is 824. The minimum atomic E-state index is -0.903. The van der Waals surface area contributed by atoms with Gasteiger partial charge < -0.3 is 15.0 Å². The first-order chi connectivity index (χ1) is 14.8. The van der Waals surface area contributed by atoms with E-state index >= 15 is 0 Å². The van der Waals surface area contributed by atoms with Crippen LogP contribution in [0.25, 0.3) is 0 Å². The van der Waals surface area contributed by atoms with Crippen LogP contribution >= 0.6 is 0 Å². The highest BCUT2D eigenvalue weighted by molar-refractivity contribution is 5.94. The van der Waals surface area contributed by atoms with E-state index in [-0.39, 0.29) is 37.2 Å². The van der Waals surface area contributed by atoms with Gasteiger partial charge in [-0.2, -0.15) is 0 Å². The van der Waals surface area contributed by atoms with E-state index in [9.17, 15) is 23.2 Å². The second kappa shape index (κ2) is 10.2. The maximum absolute atomic E-state index is 13.9. The third kappa shape index (κ3) is 5.80. The molecule has 2 fully saturated rings. The second-order valence-electron chi connectivity index (χ2n) is 8.74. The fourth-order valence-electron chi connectivity index (χ4n) is 4.44. The number of nitrogens with zero attached hydrogens (tertiary/aromatic N) is 1. The van der Waals surface area contributed by atoms with Crippen LogP contribution in [0, 0.1) is 29.4 Å². The number of carbonyl (C=O) groups is 3. The van der Waals surface area contributed by atoms with E-state index in [4.69, 9.17) is 4.74 Å². The van der Waals surface area contributed by atoms with Gasteiger partial charge in [0.1, 0.15) is 11.6 Å². The summed E-state index contributed by atoms with van der Waals surface area (Å²) in [5.41, 5.74) is -0.189. The summed E-state index contributed by atoms with van der Waals surface area (Å²) < 4.78 is 32.1. The van der Waals surface area contributed by atoms with Gasteiger partial charge >= 0.3 is 5.97 Å². The van der Waals surface area contributed by atoms with Crippen LogP contribution in [0.4, 0.5) is 8.78 Å². The minimum absolute atomic E-state index is 0.107. The number of ether oxygens (including phenoxy) is 1. The number of amides is 2. The molecule has 1 aromatic carbocycles. The second-order valence-corrected chi connectivity index (χ2v) is 8.74. The van der Waals surface area contributed by atoms with Gasteiger partial charge in [0, 0.05) is 25.2 Å². The number of carbonyl (C=O) groups excluding carboxylic acids is 3. The lowest BCUT2D eigenvalue weighted by Crippen LogP contribution is -2.45. The number of halogens is 2. The molecule has 1 N–H and O–H groups in total. The van der Waals surface area contributed by atoms with Gasteiger partial charge in [0.15, 0.2) is 6.61 Å². The minimum Gasteiger partial charge on any atom is -0.455 e. The zero-order valence-electron chi connectivity index (χ0n) is 18.0. The maximum Gasteiger partial charge on any atom is 0.309 e. The van der Waals surface area contributed by atoms with Crippen molar-refractivity contribution in [2.24, 2.45) is 17.8 Å². The Labute approximate surface area is 181 Å². The van der Waals surface area contributed by atoms with Gasteiger partial charge in [0.05, 0.1) is 11.5 Å². The molecule has 3 unspecified atom stereocenters. The van der Waals surface area contributed by atoms with E-state index in [0.29, 0.717) is 30.7 Å². The fraction of sp³-hybridized carbons (Fsp3) is 0.609. The van der Waals surface area contributed by atoms with E-state index in [1.807, 2.05) is 0 Å². The molecule has 2 aliphatic rings. The molecule has 1 saturated heterocycles. The van der Waals surface area contributed by atoms with Crippen LogP contribution in [0.1, 0.15) is 56.3 Å². The third-order valence-electron chi connectivity index (χ3n) is 6.68. The van der Waals surface area contributed by atoms with Gasteiger partial charge in [-0.25, -0.2) is 8.78 Å². The first-order valence-electron chi connectivity index (χ1n) is 11.0. The average Bonchev–Trinajstić information content (AvgIpc) is 2.75. The van der Waals surface area contributed by atoms with Crippen LogP contribution in [0.3, 0.4) is 0 Å². The molecule has 1 aliphatic carbocycles. The van der Waals surface area contributed by atoms with E-state index in [1.165, 1.54) is 4.90 Å². The Morgan fingerprint density at radius 2 is 1.81 bits per heavy atom. The standard InChI is InChI=1S/C23H30F2N2O4/c1-14-4-3-5-20(15(14)2)26-21(28)13-31-23(30)16-8-10-27(11-9-16)22(29)18-7-6-17(24)12-19(18)25/h6-7,12,14-16,20H,3-5,8-11,13H2,1-2H3,(H,26,28). The number of benzene rings is 1. The number of nitrogens with one attached hydrogen (secondary N) is 1. The summed E-state index contributed by atoms with van der Waals surface area (Å²) in [5, 5.41) is 2.98. The van der Waals surface area contributed by atoms with Crippen molar-refractivity contribution >= 4 is 17.8 Å². The zero-order valence-corrected chi connectivity index (χ0v) is 18.0. The van der Waals surface area contributed by atoms with Crippen molar-refractivity contribution in [2.45, 2.75) is 52.0 Å². The van der Waals surface area contributed by atoms with Crippen molar-refractivity contribution in [3.8, 4) is 0 Å².